The fraction of sp³-hybridized carbons (Fsp3) is 0.250. The van der Waals surface area contributed by atoms with Crippen molar-refractivity contribution >= 4 is 17.7 Å². The van der Waals surface area contributed by atoms with E-state index in [0.717, 1.165) is 11.1 Å². The lowest BCUT2D eigenvalue weighted by Crippen LogP contribution is -2.34. The molecule has 0 aliphatic carbocycles. The molecular formula is C28H29NO8. The third kappa shape index (κ3) is 7.31. The SMILES string of the molecule is COc1ccc(C(c2ccc(OCC(=O)O)cc2)N(CC(=O)O)Cc2ccc(C(C)=O)cc2)c(OC)c1. The fourth-order valence-corrected chi connectivity index (χ4v) is 4.01. The van der Waals surface area contributed by atoms with Crippen LogP contribution in [0.5, 0.6) is 17.2 Å². The molecule has 0 saturated carbocycles. The normalized spacial score (nSPS) is 11.6. The molecule has 9 heteroatoms. The Bertz CT molecular complexity index is 1240. The van der Waals surface area contributed by atoms with Gasteiger partial charge in [-0.25, -0.2) is 4.79 Å². The first kappa shape index (κ1) is 27.2. The monoisotopic (exact) mass is 507 g/mol. The predicted molar refractivity (Wildman–Crippen MR) is 135 cm³/mol. The van der Waals surface area contributed by atoms with Crippen molar-refractivity contribution in [2.24, 2.45) is 0 Å². The zero-order valence-corrected chi connectivity index (χ0v) is 20.8. The molecular weight excluding hydrogens is 478 g/mol. The van der Waals surface area contributed by atoms with E-state index in [4.69, 9.17) is 19.3 Å². The molecule has 2 N–H and O–H groups in total. The Kier molecular flexibility index (Phi) is 9.23. The first-order valence-electron chi connectivity index (χ1n) is 11.4. The molecule has 0 radical (unpaired) electrons. The zero-order valence-electron chi connectivity index (χ0n) is 20.8. The molecule has 37 heavy (non-hydrogen) atoms. The van der Waals surface area contributed by atoms with Crippen molar-refractivity contribution in [2.45, 2.75) is 19.5 Å². The molecule has 3 aromatic carbocycles. The quantitative estimate of drug-likeness (QED) is 0.330. The van der Waals surface area contributed by atoms with E-state index in [0.29, 0.717) is 28.4 Å². The molecule has 0 aliphatic heterocycles. The van der Waals surface area contributed by atoms with Gasteiger partial charge in [0.15, 0.2) is 12.4 Å². The fourth-order valence-electron chi connectivity index (χ4n) is 4.01. The summed E-state index contributed by atoms with van der Waals surface area (Å²) in [6.45, 7) is 0.991. The van der Waals surface area contributed by atoms with Crippen LogP contribution in [-0.2, 0) is 16.1 Å². The second-order valence-corrected chi connectivity index (χ2v) is 8.31. The number of benzene rings is 3. The van der Waals surface area contributed by atoms with Gasteiger partial charge in [0.05, 0.1) is 26.8 Å². The lowest BCUT2D eigenvalue weighted by Gasteiger charge is -2.32. The average Bonchev–Trinajstić information content (AvgIpc) is 2.88. The second-order valence-electron chi connectivity index (χ2n) is 8.31. The van der Waals surface area contributed by atoms with E-state index in [9.17, 15) is 19.5 Å². The summed E-state index contributed by atoms with van der Waals surface area (Å²) in [4.78, 5) is 36.3. The molecule has 0 fully saturated rings. The van der Waals surface area contributed by atoms with E-state index in [2.05, 4.69) is 0 Å². The number of carbonyl (C=O) groups is 3. The summed E-state index contributed by atoms with van der Waals surface area (Å²) >= 11 is 0. The van der Waals surface area contributed by atoms with Gasteiger partial charge in [0.25, 0.3) is 0 Å². The van der Waals surface area contributed by atoms with E-state index in [-0.39, 0.29) is 18.9 Å². The summed E-state index contributed by atoms with van der Waals surface area (Å²) in [5.41, 5.74) is 2.85. The first-order chi connectivity index (χ1) is 17.7. The summed E-state index contributed by atoms with van der Waals surface area (Å²) in [7, 11) is 3.07. The third-order valence-corrected chi connectivity index (χ3v) is 5.74. The van der Waals surface area contributed by atoms with Gasteiger partial charge in [0.1, 0.15) is 17.2 Å². The van der Waals surface area contributed by atoms with Crippen molar-refractivity contribution in [1.29, 1.82) is 0 Å². The molecule has 3 rings (SSSR count). The van der Waals surface area contributed by atoms with Crippen LogP contribution >= 0.6 is 0 Å². The summed E-state index contributed by atoms with van der Waals surface area (Å²) in [5.74, 6) is -0.692. The number of carboxylic acids is 2. The number of hydrogen-bond acceptors (Lipinski definition) is 7. The van der Waals surface area contributed by atoms with Gasteiger partial charge in [-0.1, -0.05) is 36.4 Å². The number of ether oxygens (including phenoxy) is 3. The number of hydrogen-bond donors (Lipinski definition) is 2. The summed E-state index contributed by atoms with van der Waals surface area (Å²) in [5, 5.41) is 18.7. The third-order valence-electron chi connectivity index (χ3n) is 5.74. The number of aliphatic carboxylic acids is 2. The molecule has 0 spiro atoms. The Labute approximate surface area is 214 Å². The average molecular weight is 508 g/mol. The number of carbonyl (C=O) groups excluding carboxylic acids is 1. The highest BCUT2D eigenvalue weighted by Crippen LogP contribution is 2.38. The van der Waals surface area contributed by atoms with Crippen LogP contribution in [0.15, 0.2) is 66.7 Å². The number of Topliss-reactive ketones (excluding diaryl/α,β-unsaturated/α-hetero) is 1. The van der Waals surface area contributed by atoms with E-state index < -0.39 is 24.6 Å². The molecule has 1 atom stereocenters. The highest BCUT2D eigenvalue weighted by molar-refractivity contribution is 5.94. The Morgan fingerprint density at radius 1 is 0.838 bits per heavy atom. The molecule has 0 bridgehead atoms. The minimum absolute atomic E-state index is 0.0556. The van der Waals surface area contributed by atoms with Crippen LogP contribution in [-0.4, -0.2) is 60.2 Å². The van der Waals surface area contributed by atoms with E-state index >= 15 is 0 Å². The highest BCUT2D eigenvalue weighted by Gasteiger charge is 2.28. The van der Waals surface area contributed by atoms with Gasteiger partial charge >= 0.3 is 11.9 Å². The molecule has 1 unspecified atom stereocenters. The molecule has 194 valence electrons. The van der Waals surface area contributed by atoms with Gasteiger partial charge in [-0.3, -0.25) is 14.5 Å². The van der Waals surface area contributed by atoms with E-state index in [1.54, 1.807) is 72.7 Å². The second kappa shape index (κ2) is 12.5. The van der Waals surface area contributed by atoms with Crippen LogP contribution in [0.4, 0.5) is 0 Å². The van der Waals surface area contributed by atoms with Crippen molar-refractivity contribution in [3.05, 3.63) is 89.0 Å². The van der Waals surface area contributed by atoms with Gasteiger partial charge < -0.3 is 24.4 Å². The Balaban J connectivity index is 2.08. The van der Waals surface area contributed by atoms with Crippen LogP contribution in [0.2, 0.25) is 0 Å². The maximum Gasteiger partial charge on any atom is 0.341 e. The topological polar surface area (TPSA) is 123 Å². The van der Waals surface area contributed by atoms with Gasteiger partial charge in [-0.15, -0.1) is 0 Å². The molecule has 0 heterocycles. The minimum atomic E-state index is -1.09. The molecule has 0 aromatic heterocycles. The Hall–Kier alpha value is -4.37. The molecule has 3 aromatic rings. The van der Waals surface area contributed by atoms with Crippen molar-refractivity contribution < 1.29 is 38.8 Å². The van der Waals surface area contributed by atoms with E-state index in [1.807, 2.05) is 6.07 Å². The number of ketones is 1. The Morgan fingerprint density at radius 2 is 1.49 bits per heavy atom. The van der Waals surface area contributed by atoms with Crippen LogP contribution in [0, 0.1) is 0 Å². The van der Waals surface area contributed by atoms with Crippen molar-refractivity contribution in [3.63, 3.8) is 0 Å². The zero-order chi connectivity index (χ0) is 26.9. The Morgan fingerprint density at radius 3 is 2.03 bits per heavy atom. The minimum Gasteiger partial charge on any atom is -0.497 e. The number of carboxylic acid groups (broad SMARTS) is 2. The lowest BCUT2D eigenvalue weighted by atomic mass is 9.95. The number of rotatable bonds is 13. The molecule has 0 amide bonds. The summed E-state index contributed by atoms with van der Waals surface area (Å²) in [6.07, 6.45) is 0. The largest absolute Gasteiger partial charge is 0.497 e. The summed E-state index contributed by atoms with van der Waals surface area (Å²) in [6, 6.07) is 18.6. The van der Waals surface area contributed by atoms with Crippen LogP contribution < -0.4 is 14.2 Å². The maximum absolute atomic E-state index is 12.0. The van der Waals surface area contributed by atoms with Crippen LogP contribution in [0.1, 0.15) is 40.0 Å². The molecule has 9 nitrogen and oxygen atoms in total. The van der Waals surface area contributed by atoms with E-state index in [1.165, 1.54) is 14.0 Å². The smallest absolute Gasteiger partial charge is 0.341 e. The van der Waals surface area contributed by atoms with Crippen molar-refractivity contribution in [1.82, 2.24) is 4.90 Å². The molecule has 0 aliphatic rings. The van der Waals surface area contributed by atoms with Crippen molar-refractivity contribution in [2.75, 3.05) is 27.4 Å². The van der Waals surface area contributed by atoms with Gasteiger partial charge in [0, 0.05) is 23.7 Å². The molecule has 0 saturated heterocycles. The van der Waals surface area contributed by atoms with Gasteiger partial charge in [0.2, 0.25) is 0 Å². The van der Waals surface area contributed by atoms with Crippen LogP contribution in [0.25, 0.3) is 0 Å². The van der Waals surface area contributed by atoms with Crippen LogP contribution in [0.3, 0.4) is 0 Å². The predicted octanol–water partition coefficient (Wildman–Crippen LogP) is 4.05. The first-order valence-corrected chi connectivity index (χ1v) is 11.4. The number of nitrogens with zero attached hydrogens (tertiary/aromatic N) is 1. The lowest BCUT2D eigenvalue weighted by molar-refractivity contribution is -0.140. The summed E-state index contributed by atoms with van der Waals surface area (Å²) < 4.78 is 16.2. The highest BCUT2D eigenvalue weighted by atomic mass is 16.5. The van der Waals surface area contributed by atoms with Crippen molar-refractivity contribution in [3.8, 4) is 17.2 Å². The number of methoxy groups -OCH3 is 2. The van der Waals surface area contributed by atoms with Gasteiger partial charge in [-0.05, 0) is 42.3 Å². The maximum atomic E-state index is 12.0. The van der Waals surface area contributed by atoms with Gasteiger partial charge in [-0.2, -0.15) is 0 Å². The standard InChI is InChI=1S/C28H29NO8/c1-18(30)20-6-4-19(5-7-20)15-29(16-26(31)32)28(24-13-12-23(35-2)14-25(24)36-3)21-8-10-22(11-9-21)37-17-27(33)34/h4-14,28H,15-17H2,1-3H3,(H,31,32)(H,33,34).